The van der Waals surface area contributed by atoms with E-state index in [1.54, 1.807) is 0 Å². The van der Waals surface area contributed by atoms with Crippen LogP contribution in [0.1, 0.15) is 5.56 Å². The average Bonchev–Trinajstić information content (AvgIpc) is 2.80. The van der Waals surface area contributed by atoms with Gasteiger partial charge in [0.1, 0.15) is 17.2 Å². The third kappa shape index (κ3) is 2.44. The first-order valence-corrected chi connectivity index (χ1v) is 6.01. The summed E-state index contributed by atoms with van der Waals surface area (Å²) in [6.07, 6.45) is -4.45. The van der Waals surface area contributed by atoms with Gasteiger partial charge in [-0.25, -0.2) is 4.39 Å². The minimum absolute atomic E-state index is 0.0515. The summed E-state index contributed by atoms with van der Waals surface area (Å²) in [5.74, 6) is -0.128. The first-order chi connectivity index (χ1) is 9.84. The number of nitrogens with two attached hydrogens (primary N) is 1. The molecule has 2 aromatic carbocycles. The first kappa shape index (κ1) is 13.5. The highest BCUT2D eigenvalue weighted by Crippen LogP contribution is 2.36. The Balaban J connectivity index is 2.10. The fourth-order valence-electron chi connectivity index (χ4n) is 2.11. The summed E-state index contributed by atoms with van der Waals surface area (Å²) >= 11 is 0. The number of halogens is 4. The zero-order chi connectivity index (χ0) is 15.2. The fraction of sp³-hybridized carbons (Fsp3) is 0.0667. The van der Waals surface area contributed by atoms with Crippen molar-refractivity contribution in [1.29, 1.82) is 0 Å². The number of rotatable bonds is 1. The smallest absolute Gasteiger partial charge is 0.416 e. The normalized spacial score (nSPS) is 12.0. The van der Waals surface area contributed by atoms with E-state index in [0.29, 0.717) is 22.3 Å². The van der Waals surface area contributed by atoms with Crippen LogP contribution in [0.25, 0.3) is 22.3 Å². The van der Waals surface area contributed by atoms with Crippen LogP contribution in [0.2, 0.25) is 0 Å². The number of alkyl halides is 3. The Kier molecular flexibility index (Phi) is 2.90. The molecule has 2 nitrogen and oxygen atoms in total. The molecule has 108 valence electrons. The van der Waals surface area contributed by atoms with E-state index in [0.717, 1.165) is 12.1 Å². The quantitative estimate of drug-likeness (QED) is 0.515. The largest absolute Gasteiger partial charge is 0.456 e. The number of hydrogen-bond acceptors (Lipinski definition) is 2. The Morgan fingerprint density at radius 2 is 1.71 bits per heavy atom. The minimum atomic E-state index is -4.45. The number of hydrogen-bond donors (Lipinski definition) is 1. The molecule has 1 aromatic heterocycles. The van der Waals surface area contributed by atoms with Gasteiger partial charge in [0.15, 0.2) is 0 Å². The van der Waals surface area contributed by atoms with E-state index in [2.05, 4.69) is 0 Å². The molecule has 0 unspecified atom stereocenters. The molecule has 0 aliphatic heterocycles. The lowest BCUT2D eigenvalue weighted by Gasteiger charge is -2.09. The maximum atomic E-state index is 13.1. The van der Waals surface area contributed by atoms with Crippen LogP contribution in [0.3, 0.4) is 0 Å². The minimum Gasteiger partial charge on any atom is -0.456 e. The zero-order valence-corrected chi connectivity index (χ0v) is 10.5. The number of furan rings is 1. The SMILES string of the molecule is Nc1cc(C(F)(F)F)ccc1-c1cc2cc(F)ccc2o1. The summed E-state index contributed by atoms with van der Waals surface area (Å²) in [5.41, 5.74) is 5.56. The Morgan fingerprint density at radius 1 is 0.952 bits per heavy atom. The number of fused-ring (bicyclic) bond motifs is 1. The zero-order valence-electron chi connectivity index (χ0n) is 10.5. The maximum Gasteiger partial charge on any atom is 0.416 e. The highest BCUT2D eigenvalue weighted by Gasteiger charge is 2.31. The van der Waals surface area contributed by atoms with Crippen LogP contribution in [0.5, 0.6) is 0 Å². The Labute approximate surface area is 116 Å². The van der Waals surface area contributed by atoms with Gasteiger partial charge in [-0.05, 0) is 42.5 Å². The van der Waals surface area contributed by atoms with Crippen molar-refractivity contribution in [2.45, 2.75) is 6.18 Å². The van der Waals surface area contributed by atoms with Crippen LogP contribution in [-0.4, -0.2) is 0 Å². The van der Waals surface area contributed by atoms with Crippen molar-refractivity contribution in [2.24, 2.45) is 0 Å². The van der Waals surface area contributed by atoms with Crippen molar-refractivity contribution >= 4 is 16.7 Å². The van der Waals surface area contributed by atoms with Gasteiger partial charge in [-0.1, -0.05) is 0 Å². The second kappa shape index (κ2) is 4.51. The summed E-state index contributed by atoms with van der Waals surface area (Å²) in [6.45, 7) is 0. The third-order valence-electron chi connectivity index (χ3n) is 3.12. The van der Waals surface area contributed by atoms with Crippen molar-refractivity contribution < 1.29 is 22.0 Å². The van der Waals surface area contributed by atoms with E-state index in [4.69, 9.17) is 10.2 Å². The van der Waals surface area contributed by atoms with Gasteiger partial charge in [-0.15, -0.1) is 0 Å². The van der Waals surface area contributed by atoms with Gasteiger partial charge >= 0.3 is 6.18 Å². The Morgan fingerprint density at radius 3 is 2.38 bits per heavy atom. The molecular formula is C15H9F4NO. The molecule has 0 aliphatic carbocycles. The molecule has 0 fully saturated rings. The summed E-state index contributed by atoms with van der Waals surface area (Å²) in [5, 5.41) is 0.518. The van der Waals surface area contributed by atoms with Crippen molar-refractivity contribution in [3.63, 3.8) is 0 Å². The predicted molar refractivity (Wildman–Crippen MR) is 71.0 cm³/mol. The molecule has 3 aromatic rings. The molecule has 0 atom stereocenters. The molecule has 0 radical (unpaired) electrons. The van der Waals surface area contributed by atoms with Crippen LogP contribution in [0.4, 0.5) is 23.2 Å². The molecule has 0 bridgehead atoms. The molecule has 3 rings (SSSR count). The lowest BCUT2D eigenvalue weighted by Crippen LogP contribution is -2.05. The summed E-state index contributed by atoms with van der Waals surface area (Å²) in [7, 11) is 0. The third-order valence-corrected chi connectivity index (χ3v) is 3.12. The maximum absolute atomic E-state index is 13.1. The highest BCUT2D eigenvalue weighted by molar-refractivity contribution is 5.85. The lowest BCUT2D eigenvalue weighted by molar-refractivity contribution is -0.137. The standard InChI is InChI=1S/C15H9F4NO/c16-10-2-4-13-8(5-10)6-14(21-13)11-3-1-9(7-12(11)20)15(17,18)19/h1-7H,20H2. The van der Waals surface area contributed by atoms with Crippen molar-refractivity contribution in [3.05, 3.63) is 53.8 Å². The average molecular weight is 295 g/mol. The van der Waals surface area contributed by atoms with Crippen LogP contribution in [-0.2, 0) is 6.18 Å². The molecular weight excluding hydrogens is 286 g/mol. The summed E-state index contributed by atoms with van der Waals surface area (Å²) < 4.78 is 56.4. The van der Waals surface area contributed by atoms with E-state index >= 15 is 0 Å². The van der Waals surface area contributed by atoms with Crippen LogP contribution >= 0.6 is 0 Å². The Hall–Kier alpha value is -2.50. The van der Waals surface area contributed by atoms with Gasteiger partial charge in [0, 0.05) is 16.6 Å². The van der Waals surface area contributed by atoms with E-state index in [1.807, 2.05) is 0 Å². The molecule has 0 saturated heterocycles. The molecule has 0 aliphatic rings. The second-order valence-electron chi connectivity index (χ2n) is 4.59. The predicted octanol–water partition coefficient (Wildman–Crippen LogP) is 4.84. The summed E-state index contributed by atoms with van der Waals surface area (Å²) in [4.78, 5) is 0. The monoisotopic (exact) mass is 295 g/mol. The van der Waals surface area contributed by atoms with E-state index < -0.39 is 17.6 Å². The number of anilines is 1. The molecule has 6 heteroatoms. The van der Waals surface area contributed by atoms with Crippen LogP contribution in [0.15, 0.2) is 46.9 Å². The molecule has 0 amide bonds. The van der Waals surface area contributed by atoms with Crippen molar-refractivity contribution in [1.82, 2.24) is 0 Å². The topological polar surface area (TPSA) is 39.2 Å². The number of benzene rings is 2. The van der Waals surface area contributed by atoms with Crippen LogP contribution < -0.4 is 5.73 Å². The number of nitrogen functional groups attached to an aromatic ring is 1. The van der Waals surface area contributed by atoms with Crippen molar-refractivity contribution in [2.75, 3.05) is 5.73 Å². The molecule has 21 heavy (non-hydrogen) atoms. The molecule has 1 heterocycles. The van der Waals surface area contributed by atoms with Gasteiger partial charge in [-0.3, -0.25) is 0 Å². The molecule has 0 saturated carbocycles. The summed E-state index contributed by atoms with van der Waals surface area (Å²) in [6, 6.07) is 8.54. The van der Waals surface area contributed by atoms with Crippen molar-refractivity contribution in [3.8, 4) is 11.3 Å². The second-order valence-corrected chi connectivity index (χ2v) is 4.59. The van der Waals surface area contributed by atoms with E-state index in [9.17, 15) is 17.6 Å². The highest BCUT2D eigenvalue weighted by atomic mass is 19.4. The van der Waals surface area contributed by atoms with Gasteiger partial charge in [0.05, 0.1) is 5.56 Å². The van der Waals surface area contributed by atoms with Gasteiger partial charge in [0.25, 0.3) is 0 Å². The van der Waals surface area contributed by atoms with E-state index in [1.165, 1.54) is 30.3 Å². The molecule has 0 spiro atoms. The van der Waals surface area contributed by atoms with Gasteiger partial charge < -0.3 is 10.2 Å². The molecule has 2 N–H and O–H groups in total. The van der Waals surface area contributed by atoms with E-state index in [-0.39, 0.29) is 5.69 Å². The Bertz CT molecular complexity index is 820. The first-order valence-electron chi connectivity index (χ1n) is 6.01. The van der Waals surface area contributed by atoms with Crippen LogP contribution in [0, 0.1) is 5.82 Å². The van der Waals surface area contributed by atoms with Gasteiger partial charge in [-0.2, -0.15) is 13.2 Å². The fourth-order valence-corrected chi connectivity index (χ4v) is 2.11. The lowest BCUT2D eigenvalue weighted by atomic mass is 10.1. The van der Waals surface area contributed by atoms with Gasteiger partial charge in [0.2, 0.25) is 0 Å².